The predicted molar refractivity (Wildman–Crippen MR) is 70.3 cm³/mol. The van der Waals surface area contributed by atoms with Crippen LogP contribution in [0.2, 0.25) is 5.02 Å². The number of nitrogens with zero attached hydrogens (tertiary/aromatic N) is 1. The number of benzene rings is 1. The summed E-state index contributed by atoms with van der Waals surface area (Å²) in [5, 5.41) is 0.668. The number of amides is 1. The van der Waals surface area contributed by atoms with Crippen molar-refractivity contribution < 1.29 is 4.79 Å². The second-order valence-corrected chi connectivity index (χ2v) is 5.60. The Morgan fingerprint density at radius 2 is 1.71 bits per heavy atom. The highest BCUT2D eigenvalue weighted by Gasteiger charge is 2.25. The van der Waals surface area contributed by atoms with Gasteiger partial charge in [0.15, 0.2) is 0 Å². The molecule has 1 aliphatic heterocycles. The quantitative estimate of drug-likeness (QED) is 0.749. The van der Waals surface area contributed by atoms with Crippen LogP contribution in [0.25, 0.3) is 0 Å². The Morgan fingerprint density at radius 3 is 2.24 bits per heavy atom. The monoisotopic (exact) mass is 251 g/mol. The Bertz CT molecular complexity index is 391. The van der Waals surface area contributed by atoms with Gasteiger partial charge in [-0.05, 0) is 42.5 Å². The summed E-state index contributed by atoms with van der Waals surface area (Å²) >= 11 is 5.82. The molecule has 0 N–H and O–H groups in total. The summed E-state index contributed by atoms with van der Waals surface area (Å²) < 4.78 is 0. The number of piperidine rings is 1. The van der Waals surface area contributed by atoms with Crippen molar-refractivity contribution in [3.8, 4) is 0 Å². The summed E-state index contributed by atoms with van der Waals surface area (Å²) in [5.41, 5.74) is 0.732. The first-order valence-electron chi connectivity index (χ1n) is 6.11. The molecule has 2 atom stereocenters. The lowest BCUT2D eigenvalue weighted by Gasteiger charge is -2.35. The standard InChI is InChI=1S/C14H18ClNO/c1-10-7-11(2)9-16(8-10)14(17)12-3-5-13(15)6-4-12/h3-6,10-11H,7-9H2,1-2H3/t10-,11-/m0/s1. The van der Waals surface area contributed by atoms with E-state index in [4.69, 9.17) is 11.6 Å². The van der Waals surface area contributed by atoms with Gasteiger partial charge in [-0.1, -0.05) is 25.4 Å². The molecule has 0 spiro atoms. The molecule has 0 unspecified atom stereocenters. The van der Waals surface area contributed by atoms with Crippen LogP contribution in [-0.4, -0.2) is 23.9 Å². The van der Waals surface area contributed by atoms with E-state index in [0.717, 1.165) is 18.7 Å². The second kappa shape index (κ2) is 5.09. The smallest absolute Gasteiger partial charge is 0.253 e. The fourth-order valence-electron chi connectivity index (χ4n) is 2.60. The van der Waals surface area contributed by atoms with Crippen LogP contribution >= 0.6 is 11.6 Å². The number of halogens is 1. The highest BCUT2D eigenvalue weighted by molar-refractivity contribution is 6.30. The molecule has 1 aliphatic rings. The van der Waals surface area contributed by atoms with Crippen molar-refractivity contribution in [3.05, 3.63) is 34.9 Å². The Morgan fingerprint density at radius 1 is 1.18 bits per heavy atom. The fourth-order valence-corrected chi connectivity index (χ4v) is 2.73. The van der Waals surface area contributed by atoms with E-state index < -0.39 is 0 Å². The Hall–Kier alpha value is -1.02. The largest absolute Gasteiger partial charge is 0.338 e. The minimum atomic E-state index is 0.125. The summed E-state index contributed by atoms with van der Waals surface area (Å²) in [6.07, 6.45) is 1.21. The van der Waals surface area contributed by atoms with Gasteiger partial charge < -0.3 is 4.90 Å². The zero-order chi connectivity index (χ0) is 12.4. The summed E-state index contributed by atoms with van der Waals surface area (Å²) in [5.74, 6) is 1.31. The normalized spacial score (nSPS) is 24.8. The summed E-state index contributed by atoms with van der Waals surface area (Å²) in [7, 11) is 0. The summed E-state index contributed by atoms with van der Waals surface area (Å²) in [4.78, 5) is 14.2. The van der Waals surface area contributed by atoms with Crippen molar-refractivity contribution in [3.63, 3.8) is 0 Å². The molecule has 1 amide bonds. The minimum absolute atomic E-state index is 0.125. The van der Waals surface area contributed by atoms with Gasteiger partial charge in [-0.2, -0.15) is 0 Å². The Labute approximate surface area is 108 Å². The topological polar surface area (TPSA) is 20.3 Å². The molecule has 1 fully saturated rings. The number of carbonyl (C=O) groups is 1. The lowest BCUT2D eigenvalue weighted by molar-refractivity contribution is 0.0623. The lowest BCUT2D eigenvalue weighted by atomic mass is 9.91. The van der Waals surface area contributed by atoms with E-state index in [-0.39, 0.29) is 5.91 Å². The maximum atomic E-state index is 12.3. The van der Waals surface area contributed by atoms with Gasteiger partial charge in [0.2, 0.25) is 0 Å². The van der Waals surface area contributed by atoms with Crippen LogP contribution in [0.3, 0.4) is 0 Å². The van der Waals surface area contributed by atoms with Crippen molar-refractivity contribution >= 4 is 17.5 Å². The third-order valence-corrected chi connectivity index (χ3v) is 3.50. The third kappa shape index (κ3) is 3.01. The van der Waals surface area contributed by atoms with E-state index in [1.54, 1.807) is 24.3 Å². The van der Waals surface area contributed by atoms with Crippen molar-refractivity contribution in [1.82, 2.24) is 4.90 Å². The van der Waals surface area contributed by atoms with Crippen molar-refractivity contribution in [2.45, 2.75) is 20.3 Å². The first-order valence-corrected chi connectivity index (χ1v) is 6.49. The fraction of sp³-hybridized carbons (Fsp3) is 0.500. The molecular weight excluding hydrogens is 234 g/mol. The molecule has 0 bridgehead atoms. The van der Waals surface area contributed by atoms with Crippen molar-refractivity contribution in [2.75, 3.05) is 13.1 Å². The molecule has 1 heterocycles. The molecule has 2 rings (SSSR count). The van der Waals surface area contributed by atoms with Gasteiger partial charge in [0.1, 0.15) is 0 Å². The molecule has 17 heavy (non-hydrogen) atoms. The number of hydrogen-bond donors (Lipinski definition) is 0. The number of carbonyl (C=O) groups excluding carboxylic acids is 1. The van der Waals surface area contributed by atoms with E-state index in [1.807, 2.05) is 4.90 Å². The van der Waals surface area contributed by atoms with E-state index in [1.165, 1.54) is 6.42 Å². The molecule has 0 radical (unpaired) electrons. The van der Waals surface area contributed by atoms with Gasteiger partial charge in [-0.25, -0.2) is 0 Å². The SMILES string of the molecule is C[C@H]1C[C@H](C)CN(C(=O)c2ccc(Cl)cc2)C1. The van der Waals surface area contributed by atoms with Crippen molar-refractivity contribution in [2.24, 2.45) is 11.8 Å². The van der Waals surface area contributed by atoms with E-state index in [2.05, 4.69) is 13.8 Å². The van der Waals surface area contributed by atoms with Gasteiger partial charge in [0.25, 0.3) is 5.91 Å². The van der Waals surface area contributed by atoms with Crippen LogP contribution < -0.4 is 0 Å². The first kappa shape index (κ1) is 12.4. The molecule has 1 aromatic carbocycles. The molecular formula is C14H18ClNO. The molecule has 3 heteroatoms. The van der Waals surface area contributed by atoms with Gasteiger partial charge in [0, 0.05) is 23.7 Å². The van der Waals surface area contributed by atoms with Crippen LogP contribution in [0.4, 0.5) is 0 Å². The minimum Gasteiger partial charge on any atom is -0.338 e. The Balaban J connectivity index is 2.11. The average Bonchev–Trinajstić information content (AvgIpc) is 2.28. The lowest BCUT2D eigenvalue weighted by Crippen LogP contribution is -2.42. The molecule has 0 aromatic heterocycles. The van der Waals surface area contributed by atoms with E-state index in [0.29, 0.717) is 16.9 Å². The molecule has 92 valence electrons. The molecule has 0 saturated carbocycles. The van der Waals surface area contributed by atoms with Gasteiger partial charge in [-0.15, -0.1) is 0 Å². The van der Waals surface area contributed by atoms with Crippen LogP contribution in [-0.2, 0) is 0 Å². The van der Waals surface area contributed by atoms with E-state index in [9.17, 15) is 4.79 Å². The summed E-state index contributed by atoms with van der Waals surface area (Å²) in [6.45, 7) is 6.15. The van der Waals surface area contributed by atoms with Gasteiger partial charge >= 0.3 is 0 Å². The van der Waals surface area contributed by atoms with E-state index >= 15 is 0 Å². The number of hydrogen-bond acceptors (Lipinski definition) is 1. The van der Waals surface area contributed by atoms with Gasteiger partial charge in [0.05, 0.1) is 0 Å². The third-order valence-electron chi connectivity index (χ3n) is 3.25. The maximum Gasteiger partial charge on any atom is 0.253 e. The number of likely N-dealkylation sites (tertiary alicyclic amines) is 1. The highest BCUT2D eigenvalue weighted by Crippen LogP contribution is 2.22. The number of rotatable bonds is 1. The van der Waals surface area contributed by atoms with Crippen LogP contribution in [0.1, 0.15) is 30.6 Å². The molecule has 1 saturated heterocycles. The maximum absolute atomic E-state index is 12.3. The zero-order valence-electron chi connectivity index (χ0n) is 10.3. The highest BCUT2D eigenvalue weighted by atomic mass is 35.5. The van der Waals surface area contributed by atoms with Crippen LogP contribution in [0.15, 0.2) is 24.3 Å². The predicted octanol–water partition coefficient (Wildman–Crippen LogP) is 3.46. The second-order valence-electron chi connectivity index (χ2n) is 5.16. The molecule has 2 nitrogen and oxygen atoms in total. The Kier molecular flexibility index (Phi) is 3.72. The average molecular weight is 252 g/mol. The molecule has 0 aliphatic carbocycles. The zero-order valence-corrected chi connectivity index (χ0v) is 11.1. The van der Waals surface area contributed by atoms with Crippen LogP contribution in [0.5, 0.6) is 0 Å². The van der Waals surface area contributed by atoms with Crippen LogP contribution in [0, 0.1) is 11.8 Å². The van der Waals surface area contributed by atoms with Crippen molar-refractivity contribution in [1.29, 1.82) is 0 Å². The molecule has 1 aromatic rings. The van der Waals surface area contributed by atoms with Gasteiger partial charge in [-0.3, -0.25) is 4.79 Å². The first-order chi connectivity index (χ1) is 8.06. The summed E-state index contributed by atoms with van der Waals surface area (Å²) in [6, 6.07) is 7.14.